The smallest absolute Gasteiger partial charge is 0.129 e. The van der Waals surface area contributed by atoms with E-state index < -0.39 is 0 Å². The second-order valence-corrected chi connectivity index (χ2v) is 3.04. The van der Waals surface area contributed by atoms with Crippen LogP contribution in [0, 0.1) is 6.92 Å². The summed E-state index contributed by atoms with van der Waals surface area (Å²) in [6.45, 7) is 3.91. The Balaban J connectivity index is 3.09. The van der Waals surface area contributed by atoms with Crippen molar-refractivity contribution in [3.05, 3.63) is 28.5 Å². The van der Waals surface area contributed by atoms with Gasteiger partial charge in [0.1, 0.15) is 5.15 Å². The number of nitrogens with two attached hydrogens (primary N) is 1. The molecule has 0 bridgehead atoms. The Hall–Kier alpha value is -0.600. The van der Waals surface area contributed by atoms with Gasteiger partial charge in [0.15, 0.2) is 0 Å². The zero-order valence-corrected chi connectivity index (χ0v) is 7.39. The van der Waals surface area contributed by atoms with Crippen LogP contribution in [0.5, 0.6) is 0 Å². The first-order valence-electron chi connectivity index (χ1n) is 3.49. The second-order valence-electron chi connectivity index (χ2n) is 2.65. The van der Waals surface area contributed by atoms with Gasteiger partial charge in [-0.3, -0.25) is 0 Å². The molecule has 0 saturated heterocycles. The van der Waals surface area contributed by atoms with Crippen LogP contribution in [0.25, 0.3) is 0 Å². The molecule has 1 aromatic rings. The number of hydrogen-bond acceptors (Lipinski definition) is 2. The van der Waals surface area contributed by atoms with E-state index in [1.165, 1.54) is 0 Å². The molecule has 1 aromatic heterocycles. The molecule has 1 heterocycles. The number of rotatable bonds is 1. The van der Waals surface area contributed by atoms with Gasteiger partial charge in [0.2, 0.25) is 0 Å². The lowest BCUT2D eigenvalue weighted by Crippen LogP contribution is -2.07. The SMILES string of the molecule is Cc1cc(Cl)ncc1[C@@H](C)N. The molecule has 0 aliphatic carbocycles. The summed E-state index contributed by atoms with van der Waals surface area (Å²) in [5, 5.41) is 0.520. The van der Waals surface area contributed by atoms with Crippen molar-refractivity contribution in [1.29, 1.82) is 0 Å². The quantitative estimate of drug-likeness (QED) is 0.656. The van der Waals surface area contributed by atoms with Crippen LogP contribution in [0.3, 0.4) is 0 Å². The molecule has 3 heteroatoms. The monoisotopic (exact) mass is 170 g/mol. The van der Waals surface area contributed by atoms with Crippen molar-refractivity contribution >= 4 is 11.6 Å². The molecule has 0 amide bonds. The summed E-state index contributed by atoms with van der Waals surface area (Å²) in [7, 11) is 0. The Morgan fingerprint density at radius 3 is 2.73 bits per heavy atom. The van der Waals surface area contributed by atoms with E-state index in [-0.39, 0.29) is 6.04 Å². The standard InChI is InChI=1S/C8H11ClN2/c1-5-3-8(9)11-4-7(5)6(2)10/h3-4,6H,10H2,1-2H3/t6-/m1/s1. The van der Waals surface area contributed by atoms with Crippen LogP contribution in [0.1, 0.15) is 24.1 Å². The first kappa shape index (κ1) is 8.50. The van der Waals surface area contributed by atoms with E-state index in [2.05, 4.69) is 4.98 Å². The summed E-state index contributed by atoms with van der Waals surface area (Å²) >= 11 is 5.67. The molecule has 0 aliphatic heterocycles. The summed E-state index contributed by atoms with van der Waals surface area (Å²) in [5.41, 5.74) is 7.83. The molecule has 0 saturated carbocycles. The summed E-state index contributed by atoms with van der Waals surface area (Å²) in [5.74, 6) is 0. The minimum Gasteiger partial charge on any atom is -0.324 e. The summed E-state index contributed by atoms with van der Waals surface area (Å²) in [4.78, 5) is 3.95. The Bertz CT molecular complexity index is 258. The predicted octanol–water partition coefficient (Wildman–Crippen LogP) is 2.06. The second kappa shape index (κ2) is 3.20. The number of pyridine rings is 1. The third kappa shape index (κ3) is 1.91. The van der Waals surface area contributed by atoms with Gasteiger partial charge in [-0.1, -0.05) is 11.6 Å². The van der Waals surface area contributed by atoms with E-state index in [0.29, 0.717) is 5.15 Å². The largest absolute Gasteiger partial charge is 0.324 e. The molecular formula is C8H11ClN2. The van der Waals surface area contributed by atoms with Crippen molar-refractivity contribution in [2.75, 3.05) is 0 Å². The average molecular weight is 171 g/mol. The lowest BCUT2D eigenvalue weighted by molar-refractivity contribution is 0.803. The van der Waals surface area contributed by atoms with Gasteiger partial charge in [0.05, 0.1) is 0 Å². The van der Waals surface area contributed by atoms with E-state index >= 15 is 0 Å². The van der Waals surface area contributed by atoms with Crippen LogP contribution in [0.4, 0.5) is 0 Å². The maximum absolute atomic E-state index is 5.68. The maximum Gasteiger partial charge on any atom is 0.129 e. The molecule has 0 aliphatic rings. The van der Waals surface area contributed by atoms with Gasteiger partial charge < -0.3 is 5.73 Å². The topological polar surface area (TPSA) is 38.9 Å². The number of hydrogen-bond donors (Lipinski definition) is 1. The summed E-state index contributed by atoms with van der Waals surface area (Å²) < 4.78 is 0. The molecule has 1 rings (SSSR count). The van der Waals surface area contributed by atoms with Crippen molar-refractivity contribution in [3.8, 4) is 0 Å². The van der Waals surface area contributed by atoms with Crippen LogP contribution < -0.4 is 5.73 Å². The van der Waals surface area contributed by atoms with Gasteiger partial charge in [-0.05, 0) is 31.0 Å². The molecule has 2 N–H and O–H groups in total. The summed E-state index contributed by atoms with van der Waals surface area (Å²) in [6.07, 6.45) is 1.72. The van der Waals surface area contributed by atoms with Crippen LogP contribution in [-0.2, 0) is 0 Å². The van der Waals surface area contributed by atoms with Gasteiger partial charge >= 0.3 is 0 Å². The van der Waals surface area contributed by atoms with Crippen LogP contribution in [-0.4, -0.2) is 4.98 Å². The van der Waals surface area contributed by atoms with Crippen LogP contribution >= 0.6 is 11.6 Å². The number of aromatic nitrogens is 1. The molecule has 0 radical (unpaired) electrons. The van der Waals surface area contributed by atoms with E-state index in [1.807, 2.05) is 19.9 Å². The Kier molecular flexibility index (Phi) is 2.47. The van der Waals surface area contributed by atoms with Crippen molar-refractivity contribution in [2.24, 2.45) is 5.73 Å². The Morgan fingerprint density at radius 1 is 1.64 bits per heavy atom. The minimum atomic E-state index is 0.0276. The highest BCUT2D eigenvalue weighted by Gasteiger charge is 2.03. The van der Waals surface area contributed by atoms with E-state index in [0.717, 1.165) is 11.1 Å². The Labute approximate surface area is 71.4 Å². The molecular weight excluding hydrogens is 160 g/mol. The molecule has 0 unspecified atom stereocenters. The number of nitrogens with zero attached hydrogens (tertiary/aromatic N) is 1. The first-order chi connectivity index (χ1) is 5.11. The zero-order valence-electron chi connectivity index (χ0n) is 6.63. The van der Waals surface area contributed by atoms with Crippen LogP contribution in [0.15, 0.2) is 12.3 Å². The molecule has 0 fully saturated rings. The molecule has 60 valence electrons. The normalized spacial score (nSPS) is 13.1. The van der Waals surface area contributed by atoms with Crippen molar-refractivity contribution in [2.45, 2.75) is 19.9 Å². The van der Waals surface area contributed by atoms with Crippen molar-refractivity contribution in [3.63, 3.8) is 0 Å². The fraction of sp³-hybridized carbons (Fsp3) is 0.375. The highest BCUT2D eigenvalue weighted by molar-refractivity contribution is 6.29. The van der Waals surface area contributed by atoms with Gasteiger partial charge in [-0.2, -0.15) is 0 Å². The predicted molar refractivity (Wildman–Crippen MR) is 46.6 cm³/mol. The lowest BCUT2D eigenvalue weighted by atomic mass is 10.1. The third-order valence-corrected chi connectivity index (χ3v) is 1.82. The van der Waals surface area contributed by atoms with Gasteiger partial charge in [0.25, 0.3) is 0 Å². The van der Waals surface area contributed by atoms with E-state index in [4.69, 9.17) is 17.3 Å². The van der Waals surface area contributed by atoms with E-state index in [1.54, 1.807) is 6.20 Å². The van der Waals surface area contributed by atoms with Crippen molar-refractivity contribution < 1.29 is 0 Å². The van der Waals surface area contributed by atoms with Gasteiger partial charge in [-0.15, -0.1) is 0 Å². The third-order valence-electron chi connectivity index (χ3n) is 1.61. The number of aryl methyl sites for hydroxylation is 1. The van der Waals surface area contributed by atoms with Crippen LogP contribution in [0.2, 0.25) is 5.15 Å². The van der Waals surface area contributed by atoms with Gasteiger partial charge in [-0.25, -0.2) is 4.98 Å². The number of halogens is 1. The molecule has 1 atom stereocenters. The fourth-order valence-corrected chi connectivity index (χ4v) is 1.22. The minimum absolute atomic E-state index is 0.0276. The highest BCUT2D eigenvalue weighted by Crippen LogP contribution is 2.16. The lowest BCUT2D eigenvalue weighted by Gasteiger charge is -2.07. The molecule has 2 nitrogen and oxygen atoms in total. The molecule has 11 heavy (non-hydrogen) atoms. The maximum atomic E-state index is 5.68. The Morgan fingerprint density at radius 2 is 2.27 bits per heavy atom. The molecule has 0 spiro atoms. The fourth-order valence-electron chi connectivity index (χ4n) is 1.01. The zero-order chi connectivity index (χ0) is 8.43. The van der Waals surface area contributed by atoms with Crippen molar-refractivity contribution in [1.82, 2.24) is 4.98 Å². The molecule has 0 aromatic carbocycles. The van der Waals surface area contributed by atoms with Gasteiger partial charge in [0, 0.05) is 12.2 Å². The summed E-state index contributed by atoms with van der Waals surface area (Å²) in [6, 6.07) is 1.85. The highest BCUT2D eigenvalue weighted by atomic mass is 35.5. The first-order valence-corrected chi connectivity index (χ1v) is 3.86. The average Bonchev–Trinajstić information content (AvgIpc) is 1.85. The van der Waals surface area contributed by atoms with E-state index in [9.17, 15) is 0 Å².